The maximum atomic E-state index is 6.15. The molecule has 21 heavy (non-hydrogen) atoms. The van der Waals surface area contributed by atoms with E-state index in [4.69, 9.17) is 16.3 Å². The summed E-state index contributed by atoms with van der Waals surface area (Å²) >= 11 is 7.79. The van der Waals surface area contributed by atoms with Crippen molar-refractivity contribution in [3.8, 4) is 10.6 Å². The number of ether oxygens (including phenoxy) is 1. The fourth-order valence-corrected chi connectivity index (χ4v) is 2.92. The molecular weight excluding hydrogens is 306 g/mol. The summed E-state index contributed by atoms with van der Waals surface area (Å²) in [7, 11) is 1.71. The predicted octanol–water partition coefficient (Wildman–Crippen LogP) is 3.34. The van der Waals surface area contributed by atoms with Gasteiger partial charge in [0.2, 0.25) is 0 Å². The summed E-state index contributed by atoms with van der Waals surface area (Å²) in [6.45, 7) is 4.60. The van der Waals surface area contributed by atoms with Crippen LogP contribution in [0.3, 0.4) is 0 Å². The lowest BCUT2D eigenvalue weighted by Crippen LogP contribution is -2.20. The monoisotopic (exact) mass is 325 g/mol. The van der Waals surface area contributed by atoms with E-state index in [0.29, 0.717) is 0 Å². The Morgan fingerprint density at radius 2 is 2.14 bits per heavy atom. The highest BCUT2D eigenvalue weighted by atomic mass is 35.5. The smallest absolute Gasteiger partial charge is 0.147 e. The minimum atomic E-state index is 0.747. The molecule has 0 aliphatic heterocycles. The Hall–Kier alpha value is -1.01. The zero-order valence-corrected chi connectivity index (χ0v) is 13.9. The Morgan fingerprint density at radius 3 is 2.90 bits per heavy atom. The molecular formula is C15H20ClN3OS. The first-order chi connectivity index (χ1) is 10.2. The molecule has 0 unspecified atom stereocenters. The fourth-order valence-electron chi connectivity index (χ4n) is 1.86. The predicted molar refractivity (Wildman–Crippen MR) is 88.2 cm³/mol. The first kappa shape index (κ1) is 16.4. The van der Waals surface area contributed by atoms with E-state index in [1.54, 1.807) is 18.4 Å². The SMILES string of the molecule is COCCNCCCc1nnc(-c2ccc(C)c(Cl)c2)s1. The fraction of sp³-hybridized carbons (Fsp3) is 0.467. The molecule has 1 heterocycles. The van der Waals surface area contributed by atoms with E-state index in [2.05, 4.69) is 15.5 Å². The van der Waals surface area contributed by atoms with Crippen molar-refractivity contribution in [1.82, 2.24) is 15.5 Å². The maximum Gasteiger partial charge on any atom is 0.147 e. The standard InChI is InChI=1S/C15H20ClN3OS/c1-11-5-6-12(10-13(11)16)15-19-18-14(21-15)4-3-7-17-8-9-20-2/h5-6,10,17H,3-4,7-9H2,1-2H3. The zero-order valence-electron chi connectivity index (χ0n) is 12.4. The number of nitrogens with zero attached hydrogens (tertiary/aromatic N) is 2. The van der Waals surface area contributed by atoms with E-state index < -0.39 is 0 Å². The van der Waals surface area contributed by atoms with Gasteiger partial charge in [0.25, 0.3) is 0 Å². The molecule has 0 atom stereocenters. The summed E-state index contributed by atoms with van der Waals surface area (Å²) in [6.07, 6.45) is 1.99. The maximum absolute atomic E-state index is 6.15. The minimum Gasteiger partial charge on any atom is -0.383 e. The number of aromatic nitrogens is 2. The third-order valence-electron chi connectivity index (χ3n) is 3.11. The lowest BCUT2D eigenvalue weighted by molar-refractivity contribution is 0.199. The lowest BCUT2D eigenvalue weighted by atomic mass is 10.2. The van der Waals surface area contributed by atoms with Gasteiger partial charge in [-0.25, -0.2) is 0 Å². The molecule has 114 valence electrons. The van der Waals surface area contributed by atoms with Crippen LogP contribution in [0.2, 0.25) is 5.02 Å². The van der Waals surface area contributed by atoms with Crippen LogP contribution in [-0.2, 0) is 11.2 Å². The van der Waals surface area contributed by atoms with Gasteiger partial charge in [0.15, 0.2) is 0 Å². The van der Waals surface area contributed by atoms with Gasteiger partial charge in [0, 0.05) is 30.7 Å². The van der Waals surface area contributed by atoms with Crippen molar-refractivity contribution in [2.45, 2.75) is 19.8 Å². The van der Waals surface area contributed by atoms with Crippen molar-refractivity contribution in [2.75, 3.05) is 26.8 Å². The van der Waals surface area contributed by atoms with Crippen molar-refractivity contribution in [3.63, 3.8) is 0 Å². The van der Waals surface area contributed by atoms with E-state index >= 15 is 0 Å². The van der Waals surface area contributed by atoms with Gasteiger partial charge in [0.05, 0.1) is 6.61 Å². The van der Waals surface area contributed by atoms with Crippen molar-refractivity contribution in [2.24, 2.45) is 0 Å². The first-order valence-corrected chi connectivity index (χ1v) is 8.18. The highest BCUT2D eigenvalue weighted by Gasteiger charge is 2.08. The normalized spacial score (nSPS) is 11.0. The van der Waals surface area contributed by atoms with Crippen LogP contribution in [0.1, 0.15) is 17.0 Å². The molecule has 6 heteroatoms. The number of methoxy groups -OCH3 is 1. The molecule has 0 saturated heterocycles. The molecule has 0 aliphatic carbocycles. The number of hydrogen-bond acceptors (Lipinski definition) is 5. The van der Waals surface area contributed by atoms with E-state index in [1.807, 2.05) is 25.1 Å². The van der Waals surface area contributed by atoms with E-state index in [1.165, 1.54) is 0 Å². The van der Waals surface area contributed by atoms with E-state index in [9.17, 15) is 0 Å². The van der Waals surface area contributed by atoms with Crippen LogP contribution >= 0.6 is 22.9 Å². The average Bonchev–Trinajstić information content (AvgIpc) is 2.94. The van der Waals surface area contributed by atoms with Gasteiger partial charge in [-0.1, -0.05) is 35.1 Å². The van der Waals surface area contributed by atoms with Gasteiger partial charge in [-0.2, -0.15) is 0 Å². The van der Waals surface area contributed by atoms with Crippen molar-refractivity contribution < 1.29 is 4.74 Å². The molecule has 1 aromatic carbocycles. The van der Waals surface area contributed by atoms with E-state index in [-0.39, 0.29) is 0 Å². The van der Waals surface area contributed by atoms with Crippen molar-refractivity contribution >= 4 is 22.9 Å². The summed E-state index contributed by atoms with van der Waals surface area (Å²) in [5.74, 6) is 0. The molecule has 0 amide bonds. The Kier molecular flexibility index (Phi) is 6.57. The van der Waals surface area contributed by atoms with Gasteiger partial charge in [0.1, 0.15) is 10.0 Å². The van der Waals surface area contributed by atoms with Crippen molar-refractivity contribution in [1.29, 1.82) is 0 Å². The van der Waals surface area contributed by atoms with E-state index in [0.717, 1.165) is 58.7 Å². The Labute approximate surface area is 134 Å². The quantitative estimate of drug-likeness (QED) is 0.756. The van der Waals surface area contributed by atoms with Crippen LogP contribution in [0, 0.1) is 6.92 Å². The molecule has 4 nitrogen and oxygen atoms in total. The second kappa shape index (κ2) is 8.44. The summed E-state index contributed by atoms with van der Waals surface area (Å²) < 4.78 is 4.98. The third kappa shape index (κ3) is 5.04. The number of nitrogens with one attached hydrogen (secondary N) is 1. The molecule has 0 spiro atoms. The van der Waals surface area contributed by atoms with Crippen LogP contribution in [0.15, 0.2) is 18.2 Å². The summed E-state index contributed by atoms with van der Waals surface area (Å²) in [5.41, 5.74) is 2.11. The Balaban J connectivity index is 1.85. The summed E-state index contributed by atoms with van der Waals surface area (Å²) in [5, 5.41) is 14.6. The largest absolute Gasteiger partial charge is 0.383 e. The number of halogens is 1. The second-order valence-electron chi connectivity index (χ2n) is 4.81. The zero-order chi connectivity index (χ0) is 15.1. The molecule has 0 radical (unpaired) electrons. The van der Waals surface area contributed by atoms with Gasteiger partial charge < -0.3 is 10.1 Å². The molecule has 0 bridgehead atoms. The molecule has 2 rings (SSSR count). The Bertz CT molecular complexity index is 574. The Morgan fingerprint density at radius 1 is 1.29 bits per heavy atom. The van der Waals surface area contributed by atoms with Crippen LogP contribution in [0.25, 0.3) is 10.6 Å². The number of aryl methyl sites for hydroxylation is 2. The van der Waals surface area contributed by atoms with Gasteiger partial charge in [-0.15, -0.1) is 10.2 Å². The molecule has 0 aliphatic rings. The number of benzene rings is 1. The van der Waals surface area contributed by atoms with Crippen LogP contribution in [-0.4, -0.2) is 37.0 Å². The molecule has 1 aromatic heterocycles. The summed E-state index contributed by atoms with van der Waals surface area (Å²) in [4.78, 5) is 0. The van der Waals surface area contributed by atoms with Gasteiger partial charge >= 0.3 is 0 Å². The lowest BCUT2D eigenvalue weighted by Gasteiger charge is -2.02. The summed E-state index contributed by atoms with van der Waals surface area (Å²) in [6, 6.07) is 6.00. The number of hydrogen-bond donors (Lipinski definition) is 1. The van der Waals surface area contributed by atoms with Gasteiger partial charge in [-0.05, 0) is 31.5 Å². The van der Waals surface area contributed by atoms with Gasteiger partial charge in [-0.3, -0.25) is 0 Å². The molecule has 0 fully saturated rings. The van der Waals surface area contributed by atoms with Crippen LogP contribution < -0.4 is 5.32 Å². The minimum absolute atomic E-state index is 0.747. The van der Waals surface area contributed by atoms with Crippen LogP contribution in [0.5, 0.6) is 0 Å². The molecule has 2 aromatic rings. The highest BCUT2D eigenvalue weighted by Crippen LogP contribution is 2.27. The average molecular weight is 326 g/mol. The second-order valence-corrected chi connectivity index (χ2v) is 6.28. The first-order valence-electron chi connectivity index (χ1n) is 6.99. The number of rotatable bonds is 8. The van der Waals surface area contributed by atoms with Crippen LogP contribution in [0.4, 0.5) is 0 Å². The third-order valence-corrected chi connectivity index (χ3v) is 4.55. The van der Waals surface area contributed by atoms with Crippen molar-refractivity contribution in [3.05, 3.63) is 33.8 Å². The molecule has 1 N–H and O–H groups in total. The molecule has 0 saturated carbocycles. The highest BCUT2D eigenvalue weighted by molar-refractivity contribution is 7.14. The topological polar surface area (TPSA) is 47.0 Å².